The number of unbranched alkanes of at least 4 members (excludes halogenated alkanes) is 1. The van der Waals surface area contributed by atoms with Crippen LogP contribution in [0.1, 0.15) is 24.8 Å². The van der Waals surface area contributed by atoms with Crippen molar-refractivity contribution in [1.29, 1.82) is 0 Å². The first-order valence-electron chi connectivity index (χ1n) is 5.07. The lowest BCUT2D eigenvalue weighted by molar-refractivity contribution is -0.116. The summed E-state index contributed by atoms with van der Waals surface area (Å²) in [6.07, 6.45) is 4.22. The zero-order chi connectivity index (χ0) is 10.9. The average molecular weight is 202 g/mol. The third kappa shape index (κ3) is 4.89. The maximum absolute atomic E-state index is 10.9. The van der Waals surface area contributed by atoms with Crippen LogP contribution in [0.4, 0.5) is 0 Å². The Bertz CT molecular complexity index is 353. The van der Waals surface area contributed by atoms with Gasteiger partial charge in [-0.15, -0.1) is 0 Å². The maximum Gasteiger partial charge on any atom is 0.323 e. The van der Waals surface area contributed by atoms with Gasteiger partial charge in [0.2, 0.25) is 5.78 Å². The van der Waals surface area contributed by atoms with E-state index in [2.05, 4.69) is 16.9 Å². The molecule has 1 aromatic carbocycles. The molecule has 0 aliphatic heterocycles. The van der Waals surface area contributed by atoms with Crippen molar-refractivity contribution >= 4 is 12.0 Å². The number of aryl methyl sites for hydroxylation is 1. The third-order valence-corrected chi connectivity index (χ3v) is 2.18. The van der Waals surface area contributed by atoms with Crippen LogP contribution in [0.2, 0.25) is 0 Å². The number of hydrogen-bond donors (Lipinski definition) is 0. The average Bonchev–Trinajstić information content (AvgIpc) is 2.26. The summed E-state index contributed by atoms with van der Waals surface area (Å²) in [5.74, 6) is -0.120. The largest absolute Gasteiger partial charge is 0.361 e. The Labute approximate surface area is 89.4 Å². The lowest BCUT2D eigenvalue weighted by atomic mass is 10.1. The first-order chi connectivity index (χ1) is 7.33. The van der Waals surface area contributed by atoms with E-state index in [1.165, 1.54) is 5.56 Å². The molecule has 3 heteroatoms. The van der Waals surface area contributed by atoms with Gasteiger partial charge in [0.05, 0.1) is 0 Å². The SMILES string of the molecule is [N-]=[N+]=CC(=O)CCCCc1ccccc1. The molecule has 0 fully saturated rings. The van der Waals surface area contributed by atoms with E-state index >= 15 is 0 Å². The second kappa shape index (κ2) is 6.68. The van der Waals surface area contributed by atoms with E-state index < -0.39 is 0 Å². The Balaban J connectivity index is 2.17. The highest BCUT2D eigenvalue weighted by atomic mass is 16.1. The predicted molar refractivity (Wildman–Crippen MR) is 58.7 cm³/mol. The highest BCUT2D eigenvalue weighted by molar-refractivity contribution is 6.25. The Hall–Kier alpha value is -1.73. The van der Waals surface area contributed by atoms with Crippen LogP contribution >= 0.6 is 0 Å². The molecular weight excluding hydrogens is 188 g/mol. The molecule has 0 saturated heterocycles. The summed E-state index contributed by atoms with van der Waals surface area (Å²) in [5.41, 5.74) is 9.41. The summed E-state index contributed by atoms with van der Waals surface area (Å²) in [7, 11) is 0. The van der Waals surface area contributed by atoms with Gasteiger partial charge in [-0.2, -0.15) is 4.79 Å². The van der Waals surface area contributed by atoms with Gasteiger partial charge in [-0.05, 0) is 24.8 Å². The molecule has 0 bridgehead atoms. The Morgan fingerprint density at radius 1 is 1.27 bits per heavy atom. The van der Waals surface area contributed by atoms with Crippen molar-refractivity contribution in [3.63, 3.8) is 0 Å². The number of benzene rings is 1. The van der Waals surface area contributed by atoms with E-state index in [1.807, 2.05) is 18.2 Å². The molecule has 0 atom stereocenters. The van der Waals surface area contributed by atoms with E-state index in [1.54, 1.807) is 0 Å². The van der Waals surface area contributed by atoms with Gasteiger partial charge in [0.15, 0.2) is 0 Å². The summed E-state index contributed by atoms with van der Waals surface area (Å²) in [5, 5.41) is 0. The lowest BCUT2D eigenvalue weighted by Crippen LogP contribution is -1.99. The summed E-state index contributed by atoms with van der Waals surface area (Å²) < 4.78 is 0. The smallest absolute Gasteiger partial charge is 0.323 e. The minimum Gasteiger partial charge on any atom is -0.361 e. The van der Waals surface area contributed by atoms with Crippen LogP contribution in [0, 0.1) is 0 Å². The zero-order valence-corrected chi connectivity index (χ0v) is 8.60. The van der Waals surface area contributed by atoms with E-state index in [0.29, 0.717) is 6.42 Å². The van der Waals surface area contributed by atoms with Gasteiger partial charge >= 0.3 is 6.21 Å². The summed E-state index contributed by atoms with van der Waals surface area (Å²) in [6, 6.07) is 10.2. The van der Waals surface area contributed by atoms with Crippen molar-refractivity contribution in [2.75, 3.05) is 0 Å². The number of hydrogen-bond acceptors (Lipinski definition) is 1. The molecule has 0 radical (unpaired) electrons. The molecule has 3 nitrogen and oxygen atoms in total. The van der Waals surface area contributed by atoms with Crippen LogP contribution in [0.5, 0.6) is 0 Å². The van der Waals surface area contributed by atoms with Crippen LogP contribution in [0.3, 0.4) is 0 Å². The number of ketones is 1. The highest BCUT2D eigenvalue weighted by Crippen LogP contribution is 2.05. The first kappa shape index (κ1) is 11.3. The molecule has 78 valence electrons. The highest BCUT2D eigenvalue weighted by Gasteiger charge is 2.01. The van der Waals surface area contributed by atoms with Gasteiger partial charge in [0.1, 0.15) is 0 Å². The Morgan fingerprint density at radius 3 is 2.67 bits per heavy atom. The predicted octanol–water partition coefficient (Wildman–Crippen LogP) is 2.27. The molecule has 0 saturated carbocycles. The van der Waals surface area contributed by atoms with Crippen LogP contribution in [0.25, 0.3) is 5.53 Å². The fourth-order valence-corrected chi connectivity index (χ4v) is 1.40. The van der Waals surface area contributed by atoms with Gasteiger partial charge in [-0.25, -0.2) is 0 Å². The third-order valence-electron chi connectivity index (χ3n) is 2.18. The van der Waals surface area contributed by atoms with Crippen molar-refractivity contribution in [1.82, 2.24) is 0 Å². The molecular formula is C12H14N2O. The van der Waals surface area contributed by atoms with Gasteiger partial charge in [0.25, 0.3) is 0 Å². The second-order valence-corrected chi connectivity index (χ2v) is 3.40. The van der Waals surface area contributed by atoms with Crippen molar-refractivity contribution in [2.45, 2.75) is 25.7 Å². The summed E-state index contributed by atoms with van der Waals surface area (Å²) in [4.78, 5) is 13.6. The van der Waals surface area contributed by atoms with E-state index in [-0.39, 0.29) is 5.78 Å². The number of nitrogens with zero attached hydrogens (tertiary/aromatic N) is 2. The van der Waals surface area contributed by atoms with Crippen LogP contribution < -0.4 is 0 Å². The standard InChI is InChI=1S/C12H14N2O/c13-14-10-12(15)9-5-4-8-11-6-2-1-3-7-11/h1-3,6-7,10H,4-5,8-9H2. The van der Waals surface area contributed by atoms with E-state index in [9.17, 15) is 4.79 Å². The van der Waals surface area contributed by atoms with Crippen LogP contribution in [0.15, 0.2) is 30.3 Å². The molecule has 0 heterocycles. The van der Waals surface area contributed by atoms with E-state index in [0.717, 1.165) is 25.5 Å². The number of carbonyl (C=O) groups excluding carboxylic acids is 1. The molecule has 0 N–H and O–H groups in total. The van der Waals surface area contributed by atoms with Crippen molar-refractivity contribution in [3.05, 3.63) is 41.4 Å². The van der Waals surface area contributed by atoms with Crippen molar-refractivity contribution in [3.8, 4) is 0 Å². The fourth-order valence-electron chi connectivity index (χ4n) is 1.40. The molecule has 0 aliphatic rings. The maximum atomic E-state index is 10.9. The van der Waals surface area contributed by atoms with Gasteiger partial charge < -0.3 is 5.53 Å². The first-order valence-corrected chi connectivity index (χ1v) is 5.07. The minimum absolute atomic E-state index is 0.120. The van der Waals surface area contributed by atoms with Gasteiger partial charge in [0, 0.05) is 6.42 Å². The number of Topliss-reactive ketones (excluding diaryl/α,β-unsaturated/α-hetero) is 1. The monoisotopic (exact) mass is 202 g/mol. The lowest BCUT2D eigenvalue weighted by Gasteiger charge is -1.98. The number of carbonyl (C=O) groups is 1. The topological polar surface area (TPSA) is 53.5 Å². The van der Waals surface area contributed by atoms with Gasteiger partial charge in [-0.3, -0.25) is 4.79 Å². The zero-order valence-electron chi connectivity index (χ0n) is 8.60. The molecule has 15 heavy (non-hydrogen) atoms. The minimum atomic E-state index is -0.120. The Morgan fingerprint density at radius 2 is 2.00 bits per heavy atom. The normalized spacial score (nSPS) is 9.33. The molecule has 0 spiro atoms. The quantitative estimate of drug-likeness (QED) is 0.302. The van der Waals surface area contributed by atoms with E-state index in [4.69, 9.17) is 5.53 Å². The molecule has 0 aromatic heterocycles. The fraction of sp³-hybridized carbons (Fsp3) is 0.333. The van der Waals surface area contributed by atoms with Crippen LogP contribution in [-0.4, -0.2) is 16.8 Å². The van der Waals surface area contributed by atoms with Gasteiger partial charge in [-0.1, -0.05) is 30.3 Å². The summed E-state index contributed by atoms with van der Waals surface area (Å²) >= 11 is 0. The van der Waals surface area contributed by atoms with Crippen molar-refractivity contribution < 1.29 is 9.58 Å². The summed E-state index contributed by atoms with van der Waals surface area (Å²) in [6.45, 7) is 0. The van der Waals surface area contributed by atoms with Crippen molar-refractivity contribution in [2.24, 2.45) is 0 Å². The number of rotatable bonds is 6. The molecule has 0 amide bonds. The molecule has 0 unspecified atom stereocenters. The van der Waals surface area contributed by atoms with Crippen LogP contribution in [-0.2, 0) is 11.2 Å². The molecule has 0 aliphatic carbocycles. The molecule has 1 rings (SSSR count). The second-order valence-electron chi connectivity index (χ2n) is 3.40. The Kier molecular flexibility index (Phi) is 5.06. The molecule has 1 aromatic rings.